The molecule has 146 valence electrons. The molecule has 8 nitrogen and oxygen atoms in total. The van der Waals surface area contributed by atoms with E-state index >= 15 is 0 Å². The van der Waals surface area contributed by atoms with E-state index in [9.17, 15) is 4.79 Å². The number of benzene rings is 2. The fourth-order valence-electron chi connectivity index (χ4n) is 2.54. The van der Waals surface area contributed by atoms with Crippen LogP contribution in [0.5, 0.6) is 17.2 Å². The number of ether oxygens (including phenoxy) is 3. The van der Waals surface area contributed by atoms with E-state index in [2.05, 4.69) is 26.1 Å². The minimum absolute atomic E-state index is 0.233. The summed E-state index contributed by atoms with van der Waals surface area (Å²) in [6.45, 7) is -0.471. The molecule has 0 aliphatic rings. The van der Waals surface area contributed by atoms with E-state index in [0.717, 1.165) is 10.0 Å². The lowest BCUT2D eigenvalue weighted by atomic mass is 10.1. The van der Waals surface area contributed by atoms with Gasteiger partial charge < -0.3 is 23.8 Å². The van der Waals surface area contributed by atoms with Crippen LogP contribution in [0.25, 0.3) is 11.5 Å². The van der Waals surface area contributed by atoms with E-state index in [1.54, 1.807) is 38.5 Å². The van der Waals surface area contributed by atoms with Crippen molar-refractivity contribution in [2.75, 3.05) is 20.8 Å². The zero-order valence-corrected chi connectivity index (χ0v) is 16.7. The van der Waals surface area contributed by atoms with Gasteiger partial charge in [-0.1, -0.05) is 27.2 Å². The molecule has 0 aliphatic carbocycles. The maximum Gasteiger partial charge on any atom is 0.341 e. The van der Waals surface area contributed by atoms with Gasteiger partial charge in [-0.2, -0.15) is 4.98 Å². The van der Waals surface area contributed by atoms with Gasteiger partial charge in [0.25, 0.3) is 5.89 Å². The van der Waals surface area contributed by atoms with Gasteiger partial charge in [0.05, 0.1) is 19.8 Å². The van der Waals surface area contributed by atoms with Crippen LogP contribution in [-0.4, -0.2) is 42.0 Å². The minimum atomic E-state index is -1.08. The van der Waals surface area contributed by atoms with Crippen LogP contribution in [0.1, 0.15) is 11.4 Å². The summed E-state index contributed by atoms with van der Waals surface area (Å²) in [5.41, 5.74) is 1.42. The lowest BCUT2D eigenvalue weighted by Crippen LogP contribution is -2.10. The number of hydrogen-bond donors (Lipinski definition) is 1. The highest BCUT2D eigenvalue weighted by molar-refractivity contribution is 9.10. The van der Waals surface area contributed by atoms with E-state index in [1.807, 2.05) is 12.1 Å². The average Bonchev–Trinajstić information content (AvgIpc) is 3.15. The summed E-state index contributed by atoms with van der Waals surface area (Å²) < 4.78 is 22.0. The van der Waals surface area contributed by atoms with Crippen molar-refractivity contribution in [1.82, 2.24) is 10.1 Å². The van der Waals surface area contributed by atoms with Crippen LogP contribution in [0.4, 0.5) is 0 Å². The summed E-state index contributed by atoms with van der Waals surface area (Å²) in [7, 11) is 3.14. The van der Waals surface area contributed by atoms with E-state index in [0.29, 0.717) is 35.1 Å². The van der Waals surface area contributed by atoms with E-state index in [-0.39, 0.29) is 5.89 Å². The number of rotatable bonds is 8. The molecule has 0 radical (unpaired) electrons. The predicted octanol–water partition coefficient (Wildman–Crippen LogP) is 3.57. The quantitative estimate of drug-likeness (QED) is 0.557. The minimum Gasteiger partial charge on any atom is -0.493 e. The maximum absolute atomic E-state index is 10.8. The number of hydrogen-bond acceptors (Lipinski definition) is 7. The summed E-state index contributed by atoms with van der Waals surface area (Å²) in [4.78, 5) is 15.2. The number of carboxylic acids is 1. The van der Waals surface area contributed by atoms with Crippen LogP contribution in [0.3, 0.4) is 0 Å². The van der Waals surface area contributed by atoms with Crippen LogP contribution in [0, 0.1) is 0 Å². The van der Waals surface area contributed by atoms with Crippen LogP contribution in [0.2, 0.25) is 0 Å². The van der Waals surface area contributed by atoms with Crippen molar-refractivity contribution in [2.45, 2.75) is 6.42 Å². The molecule has 0 bridgehead atoms. The molecule has 9 heteroatoms. The predicted molar refractivity (Wildman–Crippen MR) is 103 cm³/mol. The van der Waals surface area contributed by atoms with E-state index in [4.69, 9.17) is 23.8 Å². The van der Waals surface area contributed by atoms with Gasteiger partial charge in [0.2, 0.25) is 0 Å². The topological polar surface area (TPSA) is 104 Å². The van der Waals surface area contributed by atoms with Crippen LogP contribution in [-0.2, 0) is 11.2 Å². The first-order valence-corrected chi connectivity index (χ1v) is 8.97. The monoisotopic (exact) mass is 448 g/mol. The molecule has 0 saturated heterocycles. The molecule has 0 amide bonds. The maximum atomic E-state index is 10.8. The van der Waals surface area contributed by atoms with Crippen molar-refractivity contribution < 1.29 is 28.6 Å². The van der Waals surface area contributed by atoms with Gasteiger partial charge in [0.1, 0.15) is 5.75 Å². The molecule has 2 aromatic carbocycles. The Morgan fingerprint density at radius 1 is 1.11 bits per heavy atom. The highest BCUT2D eigenvalue weighted by atomic mass is 79.9. The molecule has 0 atom stereocenters. The summed E-state index contributed by atoms with van der Waals surface area (Å²) in [5.74, 6) is 1.21. The average molecular weight is 449 g/mol. The van der Waals surface area contributed by atoms with Gasteiger partial charge in [-0.15, -0.1) is 0 Å². The summed E-state index contributed by atoms with van der Waals surface area (Å²) in [5, 5.41) is 12.8. The standard InChI is InChI=1S/C19H17BrN2O6/c1-25-15-5-3-11(7-16(15)26-2)8-17-21-19(28-22-17)13-9-12(20)4-6-14(13)27-10-18(23)24/h3-7,9H,8,10H2,1-2H3,(H,23,24). The van der Waals surface area contributed by atoms with Crippen LogP contribution < -0.4 is 14.2 Å². The van der Waals surface area contributed by atoms with Gasteiger partial charge in [-0.3, -0.25) is 0 Å². The number of nitrogens with zero attached hydrogens (tertiary/aromatic N) is 2. The first-order chi connectivity index (χ1) is 13.5. The molecule has 1 aromatic heterocycles. The first-order valence-electron chi connectivity index (χ1n) is 8.18. The van der Waals surface area contributed by atoms with Gasteiger partial charge in [0, 0.05) is 10.9 Å². The Kier molecular flexibility index (Phi) is 6.15. The third-order valence-corrected chi connectivity index (χ3v) is 4.29. The second-order valence-corrected chi connectivity index (χ2v) is 6.62. The van der Waals surface area contributed by atoms with Crippen molar-refractivity contribution in [3.05, 3.63) is 52.3 Å². The van der Waals surface area contributed by atoms with Gasteiger partial charge in [-0.25, -0.2) is 4.79 Å². The van der Waals surface area contributed by atoms with Crippen molar-refractivity contribution in [3.8, 4) is 28.7 Å². The lowest BCUT2D eigenvalue weighted by Gasteiger charge is -2.08. The van der Waals surface area contributed by atoms with E-state index in [1.165, 1.54) is 0 Å². The highest BCUT2D eigenvalue weighted by Crippen LogP contribution is 2.32. The van der Waals surface area contributed by atoms with Crippen LogP contribution in [0.15, 0.2) is 45.4 Å². The Morgan fingerprint density at radius 2 is 1.86 bits per heavy atom. The highest BCUT2D eigenvalue weighted by Gasteiger charge is 2.16. The summed E-state index contributed by atoms with van der Waals surface area (Å²) >= 11 is 3.38. The van der Waals surface area contributed by atoms with Crippen molar-refractivity contribution >= 4 is 21.9 Å². The van der Waals surface area contributed by atoms with Gasteiger partial charge >= 0.3 is 5.97 Å². The largest absolute Gasteiger partial charge is 0.493 e. The molecule has 0 spiro atoms. The van der Waals surface area contributed by atoms with Gasteiger partial charge in [0.15, 0.2) is 23.9 Å². The number of carbonyl (C=O) groups is 1. The Balaban J connectivity index is 1.84. The normalized spacial score (nSPS) is 10.5. The Morgan fingerprint density at radius 3 is 2.57 bits per heavy atom. The molecule has 1 N–H and O–H groups in total. The zero-order valence-electron chi connectivity index (χ0n) is 15.1. The molecule has 3 rings (SSSR count). The lowest BCUT2D eigenvalue weighted by molar-refractivity contribution is -0.139. The molecular formula is C19H17BrN2O6. The Bertz CT molecular complexity index is 988. The second kappa shape index (κ2) is 8.75. The summed E-state index contributed by atoms with van der Waals surface area (Å²) in [6, 6.07) is 10.6. The van der Waals surface area contributed by atoms with Crippen molar-refractivity contribution in [3.63, 3.8) is 0 Å². The SMILES string of the molecule is COc1ccc(Cc2noc(-c3cc(Br)ccc3OCC(=O)O)n2)cc1OC. The molecule has 28 heavy (non-hydrogen) atoms. The second-order valence-electron chi connectivity index (χ2n) is 5.70. The molecule has 1 heterocycles. The third-order valence-electron chi connectivity index (χ3n) is 3.80. The molecule has 0 fully saturated rings. The molecule has 3 aromatic rings. The number of halogens is 1. The number of aromatic nitrogens is 2. The van der Waals surface area contributed by atoms with Crippen LogP contribution >= 0.6 is 15.9 Å². The fourth-order valence-corrected chi connectivity index (χ4v) is 2.90. The van der Waals surface area contributed by atoms with Crippen molar-refractivity contribution in [1.29, 1.82) is 0 Å². The first kappa shape index (κ1) is 19.7. The molecule has 0 saturated carbocycles. The molecule has 0 unspecified atom stereocenters. The molecule has 0 aliphatic heterocycles. The Hall–Kier alpha value is -3.07. The summed E-state index contributed by atoms with van der Waals surface area (Å²) in [6.07, 6.45) is 0.420. The number of carboxylic acid groups (broad SMARTS) is 1. The molecular weight excluding hydrogens is 432 g/mol. The van der Waals surface area contributed by atoms with Crippen molar-refractivity contribution in [2.24, 2.45) is 0 Å². The number of methoxy groups -OCH3 is 2. The van der Waals surface area contributed by atoms with E-state index < -0.39 is 12.6 Å². The smallest absolute Gasteiger partial charge is 0.341 e. The fraction of sp³-hybridized carbons (Fsp3) is 0.211. The third kappa shape index (κ3) is 4.61. The zero-order chi connectivity index (χ0) is 20.1. The number of aliphatic carboxylic acids is 1. The van der Waals surface area contributed by atoms with Gasteiger partial charge in [-0.05, 0) is 35.9 Å². The Labute approximate surface area is 169 Å².